The lowest BCUT2D eigenvalue weighted by Gasteiger charge is -2.06. The smallest absolute Gasteiger partial charge is 0.307 e. The summed E-state index contributed by atoms with van der Waals surface area (Å²) in [7, 11) is 0. The van der Waals surface area contributed by atoms with E-state index in [1.165, 1.54) is 12.1 Å². The summed E-state index contributed by atoms with van der Waals surface area (Å²) in [6, 6.07) is 4.59. The molecule has 0 amide bonds. The third-order valence-corrected chi connectivity index (χ3v) is 3.11. The average molecular weight is 331 g/mol. The molecule has 0 atom stereocenters. The summed E-state index contributed by atoms with van der Waals surface area (Å²) < 4.78 is 5.47. The largest absolute Gasteiger partial charge is 0.466 e. The Morgan fingerprint density at radius 3 is 2.84 bits per heavy atom. The van der Waals surface area contributed by atoms with Gasteiger partial charge in [0.15, 0.2) is 0 Å². The van der Waals surface area contributed by atoms with Gasteiger partial charge in [0.25, 0.3) is 5.69 Å². The number of nitrogens with one attached hydrogen (secondary N) is 1. The standard InChI is InChI=1S/C12H15BrN2O4/c1-2-19-12(16)5-6-14-8-9-3-4-10(15(17)18)7-11(9)13/h3-4,7,14H,2,5-6,8H2,1H3. The molecule has 0 aliphatic rings. The first-order valence-corrected chi connectivity index (χ1v) is 6.63. The van der Waals surface area contributed by atoms with Crippen molar-refractivity contribution in [1.82, 2.24) is 5.32 Å². The molecule has 6 nitrogen and oxygen atoms in total. The average Bonchev–Trinajstić information content (AvgIpc) is 2.36. The summed E-state index contributed by atoms with van der Waals surface area (Å²) in [5.41, 5.74) is 0.941. The minimum absolute atomic E-state index is 0.0437. The van der Waals surface area contributed by atoms with E-state index in [1.54, 1.807) is 13.0 Å². The van der Waals surface area contributed by atoms with Crippen LogP contribution in [0.4, 0.5) is 5.69 Å². The van der Waals surface area contributed by atoms with E-state index in [9.17, 15) is 14.9 Å². The van der Waals surface area contributed by atoms with Crippen LogP contribution in [0.2, 0.25) is 0 Å². The highest BCUT2D eigenvalue weighted by Crippen LogP contribution is 2.22. The second-order valence-corrected chi connectivity index (χ2v) is 4.62. The maximum Gasteiger partial charge on any atom is 0.307 e. The first kappa shape index (κ1) is 15.6. The van der Waals surface area contributed by atoms with Crippen molar-refractivity contribution >= 4 is 27.6 Å². The van der Waals surface area contributed by atoms with E-state index < -0.39 is 4.92 Å². The third kappa shape index (κ3) is 5.35. The Morgan fingerprint density at radius 1 is 1.53 bits per heavy atom. The molecule has 104 valence electrons. The van der Waals surface area contributed by atoms with Crippen LogP contribution in [0.1, 0.15) is 18.9 Å². The van der Waals surface area contributed by atoms with Gasteiger partial charge in [-0.15, -0.1) is 0 Å². The molecule has 0 unspecified atom stereocenters. The van der Waals surface area contributed by atoms with Crippen LogP contribution >= 0.6 is 15.9 Å². The Kier molecular flexibility index (Phi) is 6.44. The van der Waals surface area contributed by atoms with Gasteiger partial charge in [0.1, 0.15) is 0 Å². The maximum absolute atomic E-state index is 11.1. The number of hydrogen-bond donors (Lipinski definition) is 1. The maximum atomic E-state index is 11.1. The van der Waals surface area contributed by atoms with Crippen molar-refractivity contribution in [1.29, 1.82) is 0 Å². The van der Waals surface area contributed by atoms with Crippen LogP contribution in [0.5, 0.6) is 0 Å². The highest BCUT2D eigenvalue weighted by Gasteiger charge is 2.09. The Bertz CT molecular complexity index is 465. The summed E-state index contributed by atoms with van der Waals surface area (Å²) >= 11 is 3.29. The zero-order chi connectivity index (χ0) is 14.3. The fraction of sp³-hybridized carbons (Fsp3) is 0.417. The zero-order valence-electron chi connectivity index (χ0n) is 10.5. The van der Waals surface area contributed by atoms with E-state index in [-0.39, 0.29) is 11.7 Å². The van der Waals surface area contributed by atoms with Crippen LogP contribution < -0.4 is 5.32 Å². The first-order chi connectivity index (χ1) is 9.04. The number of carbonyl (C=O) groups excluding carboxylic acids is 1. The number of carbonyl (C=O) groups is 1. The second-order valence-electron chi connectivity index (χ2n) is 3.76. The van der Waals surface area contributed by atoms with E-state index in [2.05, 4.69) is 21.2 Å². The molecule has 1 aromatic rings. The molecule has 0 heterocycles. The van der Waals surface area contributed by atoms with E-state index in [1.807, 2.05) is 0 Å². The number of esters is 1. The van der Waals surface area contributed by atoms with Crippen LogP contribution in [0.15, 0.2) is 22.7 Å². The van der Waals surface area contributed by atoms with Gasteiger partial charge in [-0.1, -0.05) is 15.9 Å². The predicted molar refractivity (Wildman–Crippen MR) is 73.8 cm³/mol. The van der Waals surface area contributed by atoms with E-state index >= 15 is 0 Å². The van der Waals surface area contributed by atoms with Crippen molar-refractivity contribution < 1.29 is 14.5 Å². The summed E-state index contributed by atoms with van der Waals surface area (Å²) in [5.74, 6) is -0.238. The number of halogens is 1. The van der Waals surface area contributed by atoms with E-state index in [4.69, 9.17) is 4.74 Å². The highest BCUT2D eigenvalue weighted by molar-refractivity contribution is 9.10. The fourth-order valence-corrected chi connectivity index (χ4v) is 1.95. The van der Waals surface area contributed by atoms with Crippen molar-refractivity contribution in [2.24, 2.45) is 0 Å². The van der Waals surface area contributed by atoms with Crippen LogP contribution in [0.25, 0.3) is 0 Å². The number of benzene rings is 1. The topological polar surface area (TPSA) is 81.5 Å². The van der Waals surface area contributed by atoms with Crippen LogP contribution in [-0.4, -0.2) is 24.0 Å². The summed E-state index contributed by atoms with van der Waals surface area (Å²) in [6.45, 7) is 3.17. The van der Waals surface area contributed by atoms with Gasteiger partial charge in [0.05, 0.1) is 18.0 Å². The number of hydrogen-bond acceptors (Lipinski definition) is 5. The van der Waals surface area contributed by atoms with Crippen LogP contribution in [0.3, 0.4) is 0 Å². The van der Waals surface area contributed by atoms with Crippen molar-refractivity contribution in [3.63, 3.8) is 0 Å². The summed E-state index contributed by atoms with van der Waals surface area (Å²) in [6.07, 6.45) is 0.304. The number of nitro benzene ring substituents is 1. The van der Waals surface area contributed by atoms with Crippen molar-refractivity contribution in [3.8, 4) is 0 Å². The van der Waals surface area contributed by atoms with E-state index in [0.29, 0.717) is 30.6 Å². The number of nitro groups is 1. The molecule has 0 bridgehead atoms. The lowest BCUT2D eigenvalue weighted by Crippen LogP contribution is -2.19. The summed E-state index contributed by atoms with van der Waals surface area (Å²) in [4.78, 5) is 21.2. The predicted octanol–water partition coefficient (Wildman–Crippen LogP) is 2.40. The molecule has 0 aromatic heterocycles. The minimum Gasteiger partial charge on any atom is -0.466 e. The molecule has 0 aliphatic carbocycles. The molecule has 0 aliphatic heterocycles. The quantitative estimate of drug-likeness (QED) is 0.359. The van der Waals surface area contributed by atoms with Gasteiger partial charge in [0, 0.05) is 29.7 Å². The van der Waals surface area contributed by atoms with Gasteiger partial charge < -0.3 is 10.1 Å². The number of non-ortho nitro benzene ring substituents is 1. The molecule has 7 heteroatoms. The molecule has 1 aromatic carbocycles. The summed E-state index contributed by atoms with van der Waals surface area (Å²) in [5, 5.41) is 13.7. The lowest BCUT2D eigenvalue weighted by atomic mass is 10.2. The lowest BCUT2D eigenvalue weighted by molar-refractivity contribution is -0.384. The Morgan fingerprint density at radius 2 is 2.26 bits per heavy atom. The minimum atomic E-state index is -0.442. The molecule has 0 saturated carbocycles. The highest BCUT2D eigenvalue weighted by atomic mass is 79.9. The Labute approximate surface area is 119 Å². The van der Waals surface area contributed by atoms with Gasteiger partial charge in [-0.3, -0.25) is 14.9 Å². The van der Waals surface area contributed by atoms with Gasteiger partial charge in [-0.25, -0.2) is 0 Å². The van der Waals surface area contributed by atoms with Gasteiger partial charge in [0.2, 0.25) is 0 Å². The van der Waals surface area contributed by atoms with Crippen LogP contribution in [-0.2, 0) is 16.1 Å². The number of rotatable bonds is 7. The molecular weight excluding hydrogens is 316 g/mol. The normalized spacial score (nSPS) is 10.2. The van der Waals surface area contributed by atoms with E-state index in [0.717, 1.165) is 5.56 Å². The van der Waals surface area contributed by atoms with Crippen molar-refractivity contribution in [3.05, 3.63) is 38.3 Å². The SMILES string of the molecule is CCOC(=O)CCNCc1ccc([N+](=O)[O-])cc1Br. The fourth-order valence-electron chi connectivity index (χ4n) is 1.44. The zero-order valence-corrected chi connectivity index (χ0v) is 12.1. The van der Waals surface area contributed by atoms with Crippen molar-refractivity contribution in [2.75, 3.05) is 13.2 Å². The van der Waals surface area contributed by atoms with Gasteiger partial charge in [-0.05, 0) is 18.6 Å². The molecule has 19 heavy (non-hydrogen) atoms. The Balaban J connectivity index is 2.41. The molecule has 1 rings (SSSR count). The molecule has 0 saturated heterocycles. The molecule has 0 spiro atoms. The number of nitrogens with zero attached hydrogens (tertiary/aromatic N) is 1. The first-order valence-electron chi connectivity index (χ1n) is 5.83. The van der Waals surface area contributed by atoms with Crippen LogP contribution in [0, 0.1) is 10.1 Å². The number of ether oxygens (including phenoxy) is 1. The second kappa shape index (κ2) is 7.85. The molecule has 0 radical (unpaired) electrons. The monoisotopic (exact) mass is 330 g/mol. The van der Waals surface area contributed by atoms with Crippen molar-refractivity contribution in [2.45, 2.75) is 19.9 Å². The molecular formula is C12H15BrN2O4. The third-order valence-electron chi connectivity index (χ3n) is 2.37. The molecule has 0 fully saturated rings. The Hall–Kier alpha value is -1.47. The van der Waals surface area contributed by atoms with Gasteiger partial charge in [-0.2, -0.15) is 0 Å². The molecule has 1 N–H and O–H groups in total. The van der Waals surface area contributed by atoms with Gasteiger partial charge >= 0.3 is 5.97 Å².